The van der Waals surface area contributed by atoms with E-state index in [0.717, 1.165) is 11.9 Å². The summed E-state index contributed by atoms with van der Waals surface area (Å²) in [6, 6.07) is 7.65. The average molecular weight is 246 g/mol. The number of aryl methyl sites for hydroxylation is 1. The first-order chi connectivity index (χ1) is 8.59. The molecule has 0 radical (unpaired) electrons. The van der Waals surface area contributed by atoms with Crippen molar-refractivity contribution in [1.82, 2.24) is 9.88 Å². The molecule has 96 valence electrons. The van der Waals surface area contributed by atoms with Crippen LogP contribution >= 0.6 is 0 Å². The van der Waals surface area contributed by atoms with Crippen molar-refractivity contribution < 1.29 is 9.90 Å². The summed E-state index contributed by atoms with van der Waals surface area (Å²) in [5.74, 6) is -0.764. The molecule has 2 aromatic rings. The minimum absolute atomic E-state index is 0.432. The Kier molecular flexibility index (Phi) is 3.67. The number of aromatic amines is 1. The molecule has 0 aliphatic carbocycles. The molecule has 0 amide bonds. The molecule has 2 rings (SSSR count). The molecule has 1 heterocycles. The zero-order valence-electron chi connectivity index (χ0n) is 10.7. The number of aromatic nitrogens is 1. The van der Waals surface area contributed by atoms with Crippen molar-refractivity contribution in [2.24, 2.45) is 0 Å². The number of fused-ring (bicyclic) bond motifs is 1. The van der Waals surface area contributed by atoms with E-state index in [1.54, 1.807) is 19.0 Å². The van der Waals surface area contributed by atoms with Gasteiger partial charge in [-0.1, -0.05) is 18.2 Å². The third kappa shape index (κ3) is 2.54. The summed E-state index contributed by atoms with van der Waals surface area (Å²) in [5, 5.41) is 10.3. The number of carboxylic acid groups (broad SMARTS) is 1. The summed E-state index contributed by atoms with van der Waals surface area (Å²) in [7, 11) is 3.60. The first-order valence-corrected chi connectivity index (χ1v) is 6.04. The van der Waals surface area contributed by atoms with Gasteiger partial charge in [0.2, 0.25) is 0 Å². The van der Waals surface area contributed by atoms with Gasteiger partial charge >= 0.3 is 5.97 Å². The number of rotatable bonds is 5. The second kappa shape index (κ2) is 5.23. The Morgan fingerprint density at radius 3 is 2.78 bits per heavy atom. The largest absolute Gasteiger partial charge is 0.480 e. The van der Waals surface area contributed by atoms with Gasteiger partial charge in [0.1, 0.15) is 6.04 Å². The van der Waals surface area contributed by atoms with Crippen LogP contribution in [0, 0.1) is 0 Å². The normalized spacial score (nSPS) is 13.1. The molecular weight excluding hydrogens is 228 g/mol. The Bertz CT molecular complexity index is 545. The van der Waals surface area contributed by atoms with Crippen molar-refractivity contribution in [2.45, 2.75) is 18.9 Å². The summed E-state index contributed by atoms with van der Waals surface area (Å²) >= 11 is 0. The van der Waals surface area contributed by atoms with Gasteiger partial charge in [-0.25, -0.2) is 0 Å². The fourth-order valence-electron chi connectivity index (χ4n) is 2.23. The number of carboxylic acids is 1. The van der Waals surface area contributed by atoms with Crippen molar-refractivity contribution in [1.29, 1.82) is 0 Å². The third-order valence-corrected chi connectivity index (χ3v) is 3.27. The number of likely N-dealkylation sites (N-methyl/N-ethyl adjacent to an activating group) is 1. The van der Waals surface area contributed by atoms with E-state index >= 15 is 0 Å². The molecule has 1 aromatic carbocycles. The maximum atomic E-state index is 11.1. The first kappa shape index (κ1) is 12.6. The van der Waals surface area contributed by atoms with Crippen LogP contribution in [0.4, 0.5) is 0 Å². The van der Waals surface area contributed by atoms with E-state index in [2.05, 4.69) is 11.1 Å². The van der Waals surface area contributed by atoms with E-state index in [1.807, 2.05) is 24.4 Å². The number of nitrogens with zero attached hydrogens (tertiary/aromatic N) is 1. The Hall–Kier alpha value is -1.81. The Morgan fingerprint density at radius 1 is 1.39 bits per heavy atom. The Labute approximate surface area is 106 Å². The van der Waals surface area contributed by atoms with E-state index in [4.69, 9.17) is 5.11 Å². The number of para-hydroxylation sites is 1. The molecule has 0 saturated carbocycles. The number of carbonyl (C=O) groups is 1. The van der Waals surface area contributed by atoms with E-state index in [9.17, 15) is 4.79 Å². The van der Waals surface area contributed by atoms with Gasteiger partial charge in [-0.05, 0) is 38.6 Å². The molecule has 0 bridgehead atoms. The summed E-state index contributed by atoms with van der Waals surface area (Å²) < 4.78 is 0. The van der Waals surface area contributed by atoms with Gasteiger partial charge in [-0.15, -0.1) is 0 Å². The fraction of sp³-hybridized carbons (Fsp3) is 0.357. The second-order valence-corrected chi connectivity index (χ2v) is 4.72. The predicted molar refractivity (Wildman–Crippen MR) is 71.7 cm³/mol. The lowest BCUT2D eigenvalue weighted by Gasteiger charge is -2.19. The Morgan fingerprint density at radius 2 is 2.11 bits per heavy atom. The molecule has 0 aliphatic rings. The predicted octanol–water partition coefficient (Wildman–Crippen LogP) is 2.12. The summed E-state index contributed by atoms with van der Waals surface area (Å²) in [4.78, 5) is 16.1. The molecule has 0 aliphatic heterocycles. The SMILES string of the molecule is CN(C)C(CCc1c[nH]c2ccccc12)C(=O)O. The van der Waals surface area contributed by atoms with Crippen molar-refractivity contribution in [3.05, 3.63) is 36.0 Å². The molecule has 4 heteroatoms. The fourth-order valence-corrected chi connectivity index (χ4v) is 2.23. The van der Waals surface area contributed by atoms with Crippen molar-refractivity contribution in [2.75, 3.05) is 14.1 Å². The first-order valence-electron chi connectivity index (χ1n) is 6.04. The van der Waals surface area contributed by atoms with Crippen molar-refractivity contribution >= 4 is 16.9 Å². The topological polar surface area (TPSA) is 56.3 Å². The highest BCUT2D eigenvalue weighted by Crippen LogP contribution is 2.20. The van der Waals surface area contributed by atoms with Gasteiger partial charge in [0.15, 0.2) is 0 Å². The van der Waals surface area contributed by atoms with Crippen LogP contribution in [0.25, 0.3) is 10.9 Å². The number of benzene rings is 1. The van der Waals surface area contributed by atoms with Gasteiger partial charge < -0.3 is 10.1 Å². The van der Waals surface area contributed by atoms with Gasteiger partial charge in [-0.3, -0.25) is 9.69 Å². The summed E-state index contributed by atoms with van der Waals surface area (Å²) in [6.07, 6.45) is 3.35. The van der Waals surface area contributed by atoms with E-state index in [0.29, 0.717) is 6.42 Å². The highest BCUT2D eigenvalue weighted by atomic mass is 16.4. The van der Waals surface area contributed by atoms with Crippen LogP contribution in [-0.2, 0) is 11.2 Å². The molecule has 1 atom stereocenters. The molecule has 18 heavy (non-hydrogen) atoms. The molecule has 0 spiro atoms. The minimum atomic E-state index is -0.764. The Balaban J connectivity index is 2.12. The highest BCUT2D eigenvalue weighted by molar-refractivity contribution is 5.83. The van der Waals surface area contributed by atoms with Gasteiger partial charge in [-0.2, -0.15) is 0 Å². The summed E-state index contributed by atoms with van der Waals surface area (Å²) in [6.45, 7) is 0. The lowest BCUT2D eigenvalue weighted by molar-refractivity contribution is -0.142. The smallest absolute Gasteiger partial charge is 0.320 e. The van der Waals surface area contributed by atoms with E-state index in [-0.39, 0.29) is 0 Å². The monoisotopic (exact) mass is 246 g/mol. The lowest BCUT2D eigenvalue weighted by Crippen LogP contribution is -2.35. The average Bonchev–Trinajstić information content (AvgIpc) is 2.72. The number of H-pyrrole nitrogens is 1. The molecular formula is C14H18N2O2. The van der Waals surface area contributed by atoms with Crippen LogP contribution in [0.1, 0.15) is 12.0 Å². The van der Waals surface area contributed by atoms with Crippen LogP contribution in [-0.4, -0.2) is 41.1 Å². The van der Waals surface area contributed by atoms with Crippen LogP contribution in [0.15, 0.2) is 30.5 Å². The molecule has 0 saturated heterocycles. The van der Waals surface area contributed by atoms with Gasteiger partial charge in [0.25, 0.3) is 0 Å². The van der Waals surface area contributed by atoms with Crippen LogP contribution in [0.5, 0.6) is 0 Å². The van der Waals surface area contributed by atoms with Crippen LogP contribution < -0.4 is 0 Å². The van der Waals surface area contributed by atoms with Crippen LogP contribution in [0.2, 0.25) is 0 Å². The molecule has 1 aromatic heterocycles. The maximum Gasteiger partial charge on any atom is 0.320 e. The van der Waals surface area contributed by atoms with Crippen molar-refractivity contribution in [3.63, 3.8) is 0 Å². The lowest BCUT2D eigenvalue weighted by atomic mass is 10.0. The maximum absolute atomic E-state index is 11.1. The standard InChI is InChI=1S/C14H18N2O2/c1-16(2)13(14(17)18)8-7-10-9-15-12-6-4-3-5-11(10)12/h3-6,9,13,15H,7-8H2,1-2H3,(H,17,18). The number of nitrogens with one attached hydrogen (secondary N) is 1. The van der Waals surface area contributed by atoms with Crippen LogP contribution in [0.3, 0.4) is 0 Å². The highest BCUT2D eigenvalue weighted by Gasteiger charge is 2.19. The summed E-state index contributed by atoms with van der Waals surface area (Å²) in [5.41, 5.74) is 2.28. The molecule has 0 fully saturated rings. The molecule has 1 unspecified atom stereocenters. The minimum Gasteiger partial charge on any atom is -0.480 e. The van der Waals surface area contributed by atoms with Gasteiger partial charge in [0.05, 0.1) is 0 Å². The van der Waals surface area contributed by atoms with E-state index in [1.165, 1.54) is 10.9 Å². The second-order valence-electron chi connectivity index (χ2n) is 4.72. The van der Waals surface area contributed by atoms with Crippen molar-refractivity contribution in [3.8, 4) is 0 Å². The molecule has 2 N–H and O–H groups in total. The third-order valence-electron chi connectivity index (χ3n) is 3.27. The van der Waals surface area contributed by atoms with Gasteiger partial charge in [0, 0.05) is 17.1 Å². The quantitative estimate of drug-likeness (QED) is 0.849. The number of hydrogen-bond donors (Lipinski definition) is 2. The zero-order chi connectivity index (χ0) is 13.1. The molecule has 4 nitrogen and oxygen atoms in total. The van der Waals surface area contributed by atoms with E-state index < -0.39 is 12.0 Å². The number of aliphatic carboxylic acids is 1. The number of hydrogen-bond acceptors (Lipinski definition) is 2. The zero-order valence-corrected chi connectivity index (χ0v) is 10.7.